The summed E-state index contributed by atoms with van der Waals surface area (Å²) in [5.41, 5.74) is 6.49. The molecule has 4 aliphatic rings. The van der Waals surface area contributed by atoms with Crippen LogP contribution in [0.5, 0.6) is 5.75 Å². The smallest absolute Gasteiger partial charge is 0.119 e. The van der Waals surface area contributed by atoms with Crippen LogP contribution in [0.25, 0.3) is 5.69 Å². The molecule has 0 aliphatic heterocycles. The Morgan fingerprint density at radius 1 is 0.906 bits per heavy atom. The van der Waals surface area contributed by atoms with Crippen molar-refractivity contribution >= 4 is 11.9 Å². The number of aliphatic imine (C=N–C) groups is 1. The van der Waals surface area contributed by atoms with Crippen molar-refractivity contribution in [3.63, 3.8) is 0 Å². The van der Waals surface area contributed by atoms with Gasteiger partial charge in [0.2, 0.25) is 0 Å². The van der Waals surface area contributed by atoms with Gasteiger partial charge in [-0.1, -0.05) is 12.1 Å². The zero-order valence-corrected chi connectivity index (χ0v) is 19.1. The van der Waals surface area contributed by atoms with Gasteiger partial charge < -0.3 is 9.30 Å². The number of hydrogen-bond donors (Lipinski definition) is 0. The maximum Gasteiger partial charge on any atom is 0.119 e. The SMILES string of the molecule is COc1ccc(-n2cc(C=Nc3ccc(C45CC6CC(CC(C6)C4)C5)cc3)cc2C)cc1. The van der Waals surface area contributed by atoms with E-state index in [-0.39, 0.29) is 0 Å². The number of ether oxygens (including phenoxy) is 1. The summed E-state index contributed by atoms with van der Waals surface area (Å²) in [6, 6.07) is 19.5. The van der Waals surface area contributed by atoms with Crippen molar-refractivity contribution in [2.45, 2.75) is 50.9 Å². The van der Waals surface area contributed by atoms with Crippen LogP contribution in [0.4, 0.5) is 5.69 Å². The summed E-state index contributed by atoms with van der Waals surface area (Å²) in [5.74, 6) is 3.82. The molecule has 1 aromatic heterocycles. The van der Waals surface area contributed by atoms with Crippen LogP contribution < -0.4 is 4.74 Å². The molecule has 0 unspecified atom stereocenters. The maximum absolute atomic E-state index is 5.27. The van der Waals surface area contributed by atoms with Crippen molar-refractivity contribution in [3.8, 4) is 11.4 Å². The van der Waals surface area contributed by atoms with Crippen LogP contribution in [0.1, 0.15) is 55.3 Å². The summed E-state index contributed by atoms with van der Waals surface area (Å²) in [6.45, 7) is 2.13. The number of aryl methyl sites for hydroxylation is 1. The lowest BCUT2D eigenvalue weighted by molar-refractivity contribution is -0.00518. The molecule has 1 heterocycles. The molecular formula is C29H32N2O. The molecule has 3 aromatic rings. The van der Waals surface area contributed by atoms with Gasteiger partial charge in [0.15, 0.2) is 0 Å². The first-order valence-corrected chi connectivity index (χ1v) is 12.1. The summed E-state index contributed by atoms with van der Waals surface area (Å²) in [4.78, 5) is 4.78. The average Bonchev–Trinajstić information content (AvgIpc) is 3.17. The molecule has 3 nitrogen and oxygen atoms in total. The van der Waals surface area contributed by atoms with Crippen molar-refractivity contribution in [1.82, 2.24) is 4.57 Å². The Morgan fingerprint density at radius 2 is 1.53 bits per heavy atom. The Morgan fingerprint density at radius 3 is 2.12 bits per heavy atom. The highest BCUT2D eigenvalue weighted by molar-refractivity contribution is 5.82. The second kappa shape index (κ2) is 7.65. The quantitative estimate of drug-likeness (QED) is 0.405. The van der Waals surface area contributed by atoms with Crippen molar-refractivity contribution in [1.29, 1.82) is 0 Å². The van der Waals surface area contributed by atoms with Crippen LogP contribution in [0.2, 0.25) is 0 Å². The Kier molecular flexibility index (Phi) is 4.74. The molecular weight excluding hydrogens is 392 g/mol. The van der Waals surface area contributed by atoms with E-state index in [0.29, 0.717) is 5.41 Å². The topological polar surface area (TPSA) is 26.5 Å². The van der Waals surface area contributed by atoms with E-state index in [1.54, 1.807) is 12.7 Å². The second-order valence-electron chi connectivity index (χ2n) is 10.5. The molecule has 4 saturated carbocycles. The second-order valence-corrected chi connectivity index (χ2v) is 10.5. The predicted octanol–water partition coefficient (Wildman–Crippen LogP) is 7.01. The minimum Gasteiger partial charge on any atom is -0.497 e. The Hall–Kier alpha value is -2.81. The third kappa shape index (κ3) is 3.48. The van der Waals surface area contributed by atoms with Crippen LogP contribution in [0.3, 0.4) is 0 Å². The van der Waals surface area contributed by atoms with E-state index in [9.17, 15) is 0 Å². The highest BCUT2D eigenvalue weighted by Gasteiger charge is 2.51. The first kappa shape index (κ1) is 19.8. The number of aromatic nitrogens is 1. The van der Waals surface area contributed by atoms with E-state index in [1.807, 2.05) is 18.3 Å². The monoisotopic (exact) mass is 424 g/mol. The molecule has 32 heavy (non-hydrogen) atoms. The third-order valence-electron chi connectivity index (χ3n) is 8.26. The third-order valence-corrected chi connectivity index (χ3v) is 8.26. The van der Waals surface area contributed by atoms with Crippen molar-refractivity contribution in [2.24, 2.45) is 22.7 Å². The molecule has 0 radical (unpaired) electrons. The molecule has 3 heteroatoms. The maximum atomic E-state index is 5.27. The summed E-state index contributed by atoms with van der Waals surface area (Å²) in [7, 11) is 1.69. The number of nitrogens with zero attached hydrogens (tertiary/aromatic N) is 2. The average molecular weight is 425 g/mol. The zero-order valence-electron chi connectivity index (χ0n) is 19.1. The highest BCUT2D eigenvalue weighted by atomic mass is 16.5. The lowest BCUT2D eigenvalue weighted by Crippen LogP contribution is -2.48. The molecule has 0 N–H and O–H groups in total. The van der Waals surface area contributed by atoms with Crippen molar-refractivity contribution < 1.29 is 4.74 Å². The van der Waals surface area contributed by atoms with E-state index in [4.69, 9.17) is 9.73 Å². The standard InChI is InChI=1S/C29H32N2O/c1-20-11-24(19-31(20)27-7-9-28(32-2)10-8-27)18-30-26-5-3-25(4-6-26)29-15-21-12-22(16-29)14-23(13-21)17-29/h3-11,18-19,21-23H,12-17H2,1-2H3. The van der Waals surface area contributed by atoms with Crippen LogP contribution >= 0.6 is 0 Å². The van der Waals surface area contributed by atoms with Gasteiger partial charge >= 0.3 is 0 Å². The van der Waals surface area contributed by atoms with E-state index in [1.165, 1.54) is 44.2 Å². The Labute approximate surface area is 191 Å². The largest absolute Gasteiger partial charge is 0.497 e. The van der Waals surface area contributed by atoms with Gasteiger partial charge in [-0.3, -0.25) is 4.99 Å². The van der Waals surface area contributed by atoms with Gasteiger partial charge in [-0.25, -0.2) is 0 Å². The van der Waals surface area contributed by atoms with E-state index in [0.717, 1.165) is 40.4 Å². The molecule has 7 rings (SSSR count). The Balaban J connectivity index is 1.19. The number of rotatable bonds is 5. The van der Waals surface area contributed by atoms with Gasteiger partial charge in [0.1, 0.15) is 5.75 Å². The predicted molar refractivity (Wildman–Crippen MR) is 131 cm³/mol. The number of methoxy groups -OCH3 is 1. The van der Waals surface area contributed by atoms with Crippen molar-refractivity contribution in [2.75, 3.05) is 7.11 Å². The van der Waals surface area contributed by atoms with Crippen LogP contribution in [-0.4, -0.2) is 17.9 Å². The van der Waals surface area contributed by atoms with Crippen LogP contribution in [0, 0.1) is 24.7 Å². The van der Waals surface area contributed by atoms with Crippen LogP contribution in [0.15, 0.2) is 65.8 Å². The van der Waals surface area contributed by atoms with Gasteiger partial charge in [0.25, 0.3) is 0 Å². The fourth-order valence-electron chi connectivity index (χ4n) is 7.20. The lowest BCUT2D eigenvalue weighted by atomic mass is 9.48. The molecule has 2 aromatic carbocycles. The molecule has 4 aliphatic carbocycles. The molecule has 0 spiro atoms. The molecule has 164 valence electrons. The fraction of sp³-hybridized carbons (Fsp3) is 0.414. The zero-order chi connectivity index (χ0) is 21.7. The normalized spacial score (nSPS) is 28.5. The van der Waals surface area contributed by atoms with Gasteiger partial charge in [0.05, 0.1) is 12.8 Å². The van der Waals surface area contributed by atoms with Gasteiger partial charge in [0, 0.05) is 29.4 Å². The summed E-state index contributed by atoms with van der Waals surface area (Å²) in [5, 5.41) is 0. The summed E-state index contributed by atoms with van der Waals surface area (Å²) in [6.07, 6.45) is 12.9. The van der Waals surface area contributed by atoms with E-state index >= 15 is 0 Å². The summed E-state index contributed by atoms with van der Waals surface area (Å²) >= 11 is 0. The van der Waals surface area contributed by atoms with Gasteiger partial charge in [-0.05, 0) is 117 Å². The highest BCUT2D eigenvalue weighted by Crippen LogP contribution is 2.60. The number of benzene rings is 2. The summed E-state index contributed by atoms with van der Waals surface area (Å²) < 4.78 is 7.47. The fourth-order valence-corrected chi connectivity index (χ4v) is 7.20. The molecule has 4 bridgehead atoms. The Bertz CT molecular complexity index is 1100. The molecule has 0 amide bonds. The van der Waals surface area contributed by atoms with Gasteiger partial charge in [-0.2, -0.15) is 0 Å². The first-order valence-electron chi connectivity index (χ1n) is 12.1. The van der Waals surface area contributed by atoms with Crippen LogP contribution in [-0.2, 0) is 5.41 Å². The lowest BCUT2D eigenvalue weighted by Gasteiger charge is -2.57. The van der Waals surface area contributed by atoms with Crippen molar-refractivity contribution in [3.05, 3.63) is 77.6 Å². The minimum atomic E-state index is 0.462. The van der Waals surface area contributed by atoms with Gasteiger partial charge in [-0.15, -0.1) is 0 Å². The molecule has 4 fully saturated rings. The van der Waals surface area contributed by atoms with E-state index < -0.39 is 0 Å². The van der Waals surface area contributed by atoms with E-state index in [2.05, 4.69) is 60.2 Å². The minimum absolute atomic E-state index is 0.462. The first-order chi connectivity index (χ1) is 15.6. The molecule has 0 atom stereocenters. The number of hydrogen-bond acceptors (Lipinski definition) is 2. The molecule has 0 saturated heterocycles.